The molecule has 1 unspecified atom stereocenters. The van der Waals surface area contributed by atoms with Gasteiger partial charge in [0, 0.05) is 5.69 Å². The van der Waals surface area contributed by atoms with Gasteiger partial charge in [-0.1, -0.05) is 18.2 Å². The maximum Gasteiger partial charge on any atom is 0.338 e. The molecule has 0 aromatic heterocycles. The van der Waals surface area contributed by atoms with E-state index in [-0.39, 0.29) is 18.9 Å². The van der Waals surface area contributed by atoms with Gasteiger partial charge in [-0.25, -0.2) is 13.2 Å². The van der Waals surface area contributed by atoms with Crippen LogP contribution in [0.3, 0.4) is 0 Å². The van der Waals surface area contributed by atoms with E-state index in [1.165, 1.54) is 4.31 Å². The normalized spacial score (nSPS) is 15.7. The van der Waals surface area contributed by atoms with Gasteiger partial charge in [-0.05, 0) is 50.6 Å². The zero-order valence-electron chi connectivity index (χ0n) is 17.0. The van der Waals surface area contributed by atoms with Gasteiger partial charge in [0.05, 0.1) is 30.2 Å². The van der Waals surface area contributed by atoms with Gasteiger partial charge in [0.25, 0.3) is 5.91 Å². The van der Waals surface area contributed by atoms with Crippen LogP contribution < -0.4 is 14.4 Å². The first-order valence-corrected chi connectivity index (χ1v) is 11.2. The van der Waals surface area contributed by atoms with Crippen molar-refractivity contribution < 1.29 is 27.5 Å². The SMILES string of the molecule is CCOC(=O)c1cccc(NC(=O)C2CN(S(=O)(=O)CC)c3ccccc3O2)c1C. The Morgan fingerprint density at radius 1 is 1.17 bits per heavy atom. The topological polar surface area (TPSA) is 102 Å². The van der Waals surface area contributed by atoms with Crippen LogP contribution in [-0.2, 0) is 19.6 Å². The molecule has 1 aliphatic heterocycles. The number of ether oxygens (including phenoxy) is 2. The molecule has 2 aromatic carbocycles. The van der Waals surface area contributed by atoms with Gasteiger partial charge in [-0.2, -0.15) is 0 Å². The molecule has 3 rings (SSSR count). The largest absolute Gasteiger partial charge is 0.476 e. The van der Waals surface area contributed by atoms with Crippen LogP contribution in [0.25, 0.3) is 0 Å². The molecule has 1 heterocycles. The average molecular weight is 432 g/mol. The molecule has 1 amide bonds. The third kappa shape index (κ3) is 4.25. The number of nitrogens with zero attached hydrogens (tertiary/aromatic N) is 1. The van der Waals surface area contributed by atoms with Crippen LogP contribution in [0.4, 0.5) is 11.4 Å². The van der Waals surface area contributed by atoms with Gasteiger partial charge in [0.1, 0.15) is 5.75 Å². The second-order valence-electron chi connectivity index (χ2n) is 6.69. The smallest absolute Gasteiger partial charge is 0.338 e. The van der Waals surface area contributed by atoms with Crippen molar-refractivity contribution in [1.29, 1.82) is 0 Å². The number of amides is 1. The van der Waals surface area contributed by atoms with Crippen LogP contribution in [0, 0.1) is 6.92 Å². The van der Waals surface area contributed by atoms with Gasteiger partial charge >= 0.3 is 5.97 Å². The Morgan fingerprint density at radius 2 is 1.90 bits per heavy atom. The van der Waals surface area contributed by atoms with E-state index in [1.54, 1.807) is 63.2 Å². The minimum Gasteiger partial charge on any atom is -0.476 e. The fourth-order valence-corrected chi connectivity index (χ4v) is 4.30. The molecule has 1 aliphatic rings. The van der Waals surface area contributed by atoms with E-state index < -0.39 is 28.0 Å². The fraction of sp³-hybridized carbons (Fsp3) is 0.333. The molecular weight excluding hydrogens is 408 g/mol. The Kier molecular flexibility index (Phi) is 6.31. The molecule has 9 heteroatoms. The van der Waals surface area contributed by atoms with Crippen LogP contribution in [0.1, 0.15) is 29.8 Å². The van der Waals surface area contributed by atoms with Crippen LogP contribution in [0.15, 0.2) is 42.5 Å². The molecule has 0 fully saturated rings. The van der Waals surface area contributed by atoms with Crippen molar-refractivity contribution >= 4 is 33.3 Å². The van der Waals surface area contributed by atoms with Crippen molar-refractivity contribution in [3.63, 3.8) is 0 Å². The number of fused-ring (bicyclic) bond motifs is 1. The van der Waals surface area contributed by atoms with E-state index in [0.29, 0.717) is 28.3 Å². The predicted molar refractivity (Wildman–Crippen MR) is 113 cm³/mol. The summed E-state index contributed by atoms with van der Waals surface area (Å²) in [4.78, 5) is 25.0. The first kappa shape index (κ1) is 21.6. The molecule has 0 aliphatic carbocycles. The molecule has 30 heavy (non-hydrogen) atoms. The minimum atomic E-state index is -3.59. The van der Waals surface area contributed by atoms with Crippen molar-refractivity contribution in [2.45, 2.75) is 26.9 Å². The lowest BCUT2D eigenvalue weighted by Gasteiger charge is -2.34. The molecule has 1 N–H and O–H groups in total. The zero-order chi connectivity index (χ0) is 21.9. The summed E-state index contributed by atoms with van der Waals surface area (Å²) in [6, 6.07) is 11.6. The van der Waals surface area contributed by atoms with Gasteiger partial charge in [0.2, 0.25) is 10.0 Å². The summed E-state index contributed by atoms with van der Waals surface area (Å²) >= 11 is 0. The highest BCUT2D eigenvalue weighted by Crippen LogP contribution is 2.35. The molecule has 0 bridgehead atoms. The molecular formula is C21H24N2O6S. The maximum absolute atomic E-state index is 12.9. The molecule has 1 atom stereocenters. The van der Waals surface area contributed by atoms with Gasteiger partial charge < -0.3 is 14.8 Å². The maximum atomic E-state index is 12.9. The molecule has 0 saturated carbocycles. The van der Waals surface area contributed by atoms with E-state index in [9.17, 15) is 18.0 Å². The van der Waals surface area contributed by atoms with E-state index in [0.717, 1.165) is 0 Å². The van der Waals surface area contributed by atoms with Crippen molar-refractivity contribution in [2.24, 2.45) is 0 Å². The second-order valence-corrected chi connectivity index (χ2v) is 8.88. The summed E-state index contributed by atoms with van der Waals surface area (Å²) in [5, 5.41) is 2.74. The number of rotatable bonds is 6. The number of nitrogens with one attached hydrogen (secondary N) is 1. The Morgan fingerprint density at radius 3 is 2.60 bits per heavy atom. The summed E-state index contributed by atoms with van der Waals surface area (Å²) in [5.41, 5.74) is 1.74. The Labute approximate surface area is 175 Å². The highest BCUT2D eigenvalue weighted by molar-refractivity contribution is 7.92. The van der Waals surface area contributed by atoms with Gasteiger partial charge in [0.15, 0.2) is 6.10 Å². The van der Waals surface area contributed by atoms with Crippen molar-refractivity contribution in [3.8, 4) is 5.75 Å². The van der Waals surface area contributed by atoms with E-state index in [1.807, 2.05) is 0 Å². The van der Waals surface area contributed by atoms with E-state index in [4.69, 9.17) is 9.47 Å². The molecule has 0 spiro atoms. The molecule has 8 nitrogen and oxygen atoms in total. The average Bonchev–Trinajstić information content (AvgIpc) is 2.74. The number of carbonyl (C=O) groups is 2. The zero-order valence-corrected chi connectivity index (χ0v) is 17.9. The van der Waals surface area contributed by atoms with Crippen molar-refractivity contribution in [2.75, 3.05) is 28.5 Å². The first-order valence-electron chi connectivity index (χ1n) is 9.62. The summed E-state index contributed by atoms with van der Waals surface area (Å²) in [5.74, 6) is -0.770. The van der Waals surface area contributed by atoms with Crippen LogP contribution in [0.2, 0.25) is 0 Å². The molecule has 2 aromatic rings. The Hall–Kier alpha value is -3.07. The number of anilines is 2. The lowest BCUT2D eigenvalue weighted by molar-refractivity contribution is -0.122. The van der Waals surface area contributed by atoms with Crippen molar-refractivity contribution in [1.82, 2.24) is 0 Å². The quantitative estimate of drug-likeness (QED) is 0.705. The Balaban J connectivity index is 1.87. The fourth-order valence-electron chi connectivity index (χ4n) is 3.17. The van der Waals surface area contributed by atoms with E-state index >= 15 is 0 Å². The minimum absolute atomic E-state index is 0.101. The highest BCUT2D eigenvalue weighted by Gasteiger charge is 2.36. The monoisotopic (exact) mass is 432 g/mol. The van der Waals surface area contributed by atoms with Crippen LogP contribution in [0.5, 0.6) is 5.75 Å². The Bertz CT molecular complexity index is 1070. The number of benzene rings is 2. The highest BCUT2D eigenvalue weighted by atomic mass is 32.2. The number of esters is 1. The van der Waals surface area contributed by atoms with E-state index in [2.05, 4.69) is 5.32 Å². The summed E-state index contributed by atoms with van der Waals surface area (Å²) < 4.78 is 37.2. The number of hydrogen-bond acceptors (Lipinski definition) is 6. The van der Waals surface area contributed by atoms with Crippen LogP contribution >= 0.6 is 0 Å². The van der Waals surface area contributed by atoms with Gasteiger partial charge in [-0.15, -0.1) is 0 Å². The third-order valence-corrected chi connectivity index (χ3v) is 6.56. The lowest BCUT2D eigenvalue weighted by Crippen LogP contribution is -2.49. The predicted octanol–water partition coefficient (Wildman–Crippen LogP) is 2.73. The van der Waals surface area contributed by atoms with Crippen molar-refractivity contribution in [3.05, 3.63) is 53.6 Å². The second kappa shape index (κ2) is 8.74. The standard InChI is InChI=1S/C21H24N2O6S/c1-4-28-21(25)15-9-8-10-16(14(15)3)22-20(24)19-13-23(30(26,27)5-2)17-11-6-7-12-18(17)29-19/h6-12,19H,4-5,13H2,1-3H3,(H,22,24). The number of carbonyl (C=O) groups excluding carboxylic acids is 2. The number of para-hydroxylation sites is 2. The summed E-state index contributed by atoms with van der Waals surface area (Å²) in [7, 11) is -3.59. The lowest BCUT2D eigenvalue weighted by atomic mass is 10.1. The summed E-state index contributed by atoms with van der Waals surface area (Å²) in [6.45, 7) is 5.06. The third-order valence-electron chi connectivity index (χ3n) is 4.81. The van der Waals surface area contributed by atoms with Crippen LogP contribution in [-0.4, -0.2) is 45.3 Å². The summed E-state index contributed by atoms with van der Waals surface area (Å²) in [6.07, 6.45) is -1.05. The number of sulfonamides is 1. The molecule has 160 valence electrons. The molecule has 0 saturated heterocycles. The first-order chi connectivity index (χ1) is 14.3. The van der Waals surface area contributed by atoms with Gasteiger partial charge in [-0.3, -0.25) is 9.10 Å². The number of hydrogen-bond donors (Lipinski definition) is 1. The molecule has 0 radical (unpaired) electrons.